The maximum atomic E-state index is 11.3. The molecule has 3 N–H and O–H groups in total. The summed E-state index contributed by atoms with van der Waals surface area (Å²) in [4.78, 5) is 42.8. The molecule has 120 valence electrons. The summed E-state index contributed by atoms with van der Waals surface area (Å²) in [5.74, 6) is -1.79. The zero-order valence-corrected chi connectivity index (χ0v) is 11.9. The van der Waals surface area contributed by atoms with E-state index in [0.29, 0.717) is 37.2 Å². The Balaban J connectivity index is 3.50. The van der Waals surface area contributed by atoms with Crippen LogP contribution in [0.25, 0.3) is 0 Å². The minimum atomic E-state index is -1.01. The van der Waals surface area contributed by atoms with Crippen molar-refractivity contribution in [3.05, 3.63) is 0 Å². The molecule has 0 saturated carbocycles. The molecule has 8 heteroatoms. The molecule has 0 rings (SSSR count). The first kappa shape index (κ1) is 19.0. The van der Waals surface area contributed by atoms with Crippen LogP contribution in [0.1, 0.15) is 44.9 Å². The highest BCUT2D eigenvalue weighted by atomic mass is 16.5. The predicted molar refractivity (Wildman–Crippen MR) is 72.5 cm³/mol. The fraction of sp³-hybridized carbons (Fsp3) is 0.692. The van der Waals surface area contributed by atoms with E-state index in [2.05, 4.69) is 5.32 Å². The summed E-state index contributed by atoms with van der Waals surface area (Å²) >= 11 is 0. The van der Waals surface area contributed by atoms with Crippen LogP contribution in [0.3, 0.4) is 0 Å². The third kappa shape index (κ3) is 11.6. The topological polar surface area (TPSA) is 124 Å². The predicted octanol–water partition coefficient (Wildman–Crippen LogP) is 0.335. The summed E-state index contributed by atoms with van der Waals surface area (Å²) in [7, 11) is 0. The number of hydroxylamine groups is 2. The van der Waals surface area contributed by atoms with Gasteiger partial charge in [0.1, 0.15) is 6.29 Å². The van der Waals surface area contributed by atoms with Gasteiger partial charge >= 0.3 is 5.97 Å². The van der Waals surface area contributed by atoms with E-state index in [1.165, 1.54) is 0 Å². The van der Waals surface area contributed by atoms with Crippen LogP contribution >= 0.6 is 0 Å². The molecule has 0 heterocycles. The average Bonchev–Trinajstić information content (AvgIpc) is 2.45. The normalized spacial score (nSPS) is 9.95. The Morgan fingerprint density at radius 3 is 2.38 bits per heavy atom. The minimum absolute atomic E-state index is 0.000362. The van der Waals surface area contributed by atoms with Gasteiger partial charge in [-0.2, -0.15) is 0 Å². The molecule has 0 saturated heterocycles. The molecule has 0 bridgehead atoms. The number of rotatable bonds is 12. The molecule has 0 spiro atoms. The fourth-order valence-corrected chi connectivity index (χ4v) is 1.54. The van der Waals surface area contributed by atoms with Crippen molar-refractivity contribution in [3.8, 4) is 0 Å². The number of hydrogen-bond donors (Lipinski definition) is 3. The summed E-state index contributed by atoms with van der Waals surface area (Å²) < 4.78 is 0. The third-order valence-corrected chi connectivity index (χ3v) is 2.70. The molecule has 0 aromatic carbocycles. The Morgan fingerprint density at radius 1 is 1.05 bits per heavy atom. The number of carbonyl (C=O) groups is 4. The number of nitrogens with one attached hydrogen (secondary N) is 1. The van der Waals surface area contributed by atoms with E-state index >= 15 is 0 Å². The average molecular weight is 302 g/mol. The number of aliphatic carboxylic acids is 1. The van der Waals surface area contributed by atoms with Crippen molar-refractivity contribution in [1.29, 1.82) is 0 Å². The van der Waals surface area contributed by atoms with Crippen molar-refractivity contribution in [2.24, 2.45) is 0 Å². The molecule has 0 fully saturated rings. The zero-order chi connectivity index (χ0) is 16.1. The van der Waals surface area contributed by atoms with E-state index in [1.807, 2.05) is 0 Å². The molecule has 0 aromatic heterocycles. The first-order chi connectivity index (χ1) is 9.97. The molecule has 8 nitrogen and oxygen atoms in total. The van der Waals surface area contributed by atoms with Gasteiger partial charge in [0.05, 0.1) is 6.42 Å². The summed E-state index contributed by atoms with van der Waals surface area (Å²) in [6.07, 6.45) is 2.45. The highest BCUT2D eigenvalue weighted by Gasteiger charge is 2.09. The van der Waals surface area contributed by atoms with Crippen molar-refractivity contribution in [3.63, 3.8) is 0 Å². The van der Waals surface area contributed by atoms with Crippen LogP contribution in [0.2, 0.25) is 0 Å². The summed E-state index contributed by atoms with van der Waals surface area (Å²) in [5, 5.41) is 21.0. The monoisotopic (exact) mass is 302 g/mol. The highest BCUT2D eigenvalue weighted by Crippen LogP contribution is 2.00. The largest absolute Gasteiger partial charge is 0.481 e. The van der Waals surface area contributed by atoms with Gasteiger partial charge in [-0.15, -0.1) is 0 Å². The van der Waals surface area contributed by atoms with Crippen molar-refractivity contribution >= 4 is 24.1 Å². The van der Waals surface area contributed by atoms with E-state index in [1.54, 1.807) is 0 Å². The Bertz CT molecular complexity index is 359. The Labute approximate surface area is 123 Å². The van der Waals surface area contributed by atoms with Crippen LogP contribution in [0.5, 0.6) is 0 Å². The number of hydrogen-bond acceptors (Lipinski definition) is 5. The molecule has 0 aromatic rings. The third-order valence-electron chi connectivity index (χ3n) is 2.70. The number of nitrogens with zero attached hydrogens (tertiary/aromatic N) is 1. The van der Waals surface area contributed by atoms with Crippen LogP contribution < -0.4 is 5.32 Å². The summed E-state index contributed by atoms with van der Waals surface area (Å²) in [6.45, 7) is 0.619. The Kier molecular flexibility index (Phi) is 10.7. The minimum Gasteiger partial charge on any atom is -0.481 e. The number of aldehydes is 1. The van der Waals surface area contributed by atoms with E-state index in [4.69, 9.17) is 5.11 Å². The van der Waals surface area contributed by atoms with E-state index < -0.39 is 11.9 Å². The maximum absolute atomic E-state index is 11.3. The number of carboxylic acids is 1. The van der Waals surface area contributed by atoms with Gasteiger partial charge in [-0.25, -0.2) is 5.06 Å². The molecular formula is C13H22N2O6. The summed E-state index contributed by atoms with van der Waals surface area (Å²) in [5.41, 5.74) is 0. The van der Waals surface area contributed by atoms with Crippen molar-refractivity contribution in [2.75, 3.05) is 13.1 Å². The van der Waals surface area contributed by atoms with Gasteiger partial charge in [-0.05, 0) is 19.3 Å². The lowest BCUT2D eigenvalue weighted by atomic mass is 10.2. The first-order valence-electron chi connectivity index (χ1n) is 6.88. The first-order valence-corrected chi connectivity index (χ1v) is 6.88. The number of carboxylic acid groups (broad SMARTS) is 1. The molecular weight excluding hydrogens is 280 g/mol. The quantitative estimate of drug-likeness (QED) is 0.207. The molecule has 0 aliphatic rings. The number of amides is 2. The lowest BCUT2D eigenvalue weighted by Gasteiger charge is -2.14. The van der Waals surface area contributed by atoms with Gasteiger partial charge in [0, 0.05) is 32.4 Å². The number of unbranched alkanes of at least 4 members (excludes halogenated alkanes) is 2. The lowest BCUT2D eigenvalue weighted by Crippen LogP contribution is -2.28. The van der Waals surface area contributed by atoms with Crippen molar-refractivity contribution in [1.82, 2.24) is 10.4 Å². The van der Waals surface area contributed by atoms with Gasteiger partial charge in [-0.3, -0.25) is 19.6 Å². The second-order valence-electron chi connectivity index (χ2n) is 4.53. The van der Waals surface area contributed by atoms with Crippen LogP contribution in [-0.2, 0) is 19.2 Å². The van der Waals surface area contributed by atoms with Crippen LogP contribution in [0, 0.1) is 0 Å². The standard InChI is InChI=1S/C13H22N2O6/c16-10-4-5-12(18)15(21)9-3-1-2-8-14-11(17)6-7-13(19)20/h10,21H,1-9H2,(H,14,17)(H,19,20). The van der Waals surface area contributed by atoms with E-state index in [9.17, 15) is 24.4 Å². The SMILES string of the molecule is O=CCCC(=O)N(O)CCCCCNC(=O)CCC(=O)O. The Morgan fingerprint density at radius 2 is 1.76 bits per heavy atom. The molecule has 21 heavy (non-hydrogen) atoms. The highest BCUT2D eigenvalue weighted by molar-refractivity contribution is 5.80. The van der Waals surface area contributed by atoms with Gasteiger partial charge in [0.2, 0.25) is 11.8 Å². The maximum Gasteiger partial charge on any atom is 0.303 e. The lowest BCUT2D eigenvalue weighted by molar-refractivity contribution is -0.165. The van der Waals surface area contributed by atoms with Crippen LogP contribution in [0.4, 0.5) is 0 Å². The van der Waals surface area contributed by atoms with Crippen LogP contribution in [-0.4, -0.2) is 52.5 Å². The van der Waals surface area contributed by atoms with Gasteiger partial charge in [0.25, 0.3) is 0 Å². The molecule has 2 amide bonds. The number of carbonyl (C=O) groups excluding carboxylic acids is 3. The van der Waals surface area contributed by atoms with E-state index in [0.717, 1.165) is 0 Å². The second-order valence-corrected chi connectivity index (χ2v) is 4.53. The van der Waals surface area contributed by atoms with E-state index in [-0.39, 0.29) is 38.1 Å². The fourth-order valence-electron chi connectivity index (χ4n) is 1.54. The van der Waals surface area contributed by atoms with Gasteiger partial charge < -0.3 is 15.2 Å². The van der Waals surface area contributed by atoms with Gasteiger partial charge in [-0.1, -0.05) is 0 Å². The molecule has 0 aliphatic carbocycles. The van der Waals surface area contributed by atoms with Gasteiger partial charge in [0.15, 0.2) is 0 Å². The van der Waals surface area contributed by atoms with Crippen molar-refractivity contribution < 1.29 is 29.5 Å². The molecule has 0 unspecified atom stereocenters. The summed E-state index contributed by atoms with van der Waals surface area (Å²) in [6, 6.07) is 0. The molecule has 0 aliphatic heterocycles. The molecule has 0 atom stereocenters. The Hall–Kier alpha value is -1.96. The van der Waals surface area contributed by atoms with Crippen molar-refractivity contribution in [2.45, 2.75) is 44.9 Å². The molecule has 0 radical (unpaired) electrons. The smallest absolute Gasteiger partial charge is 0.303 e. The zero-order valence-electron chi connectivity index (χ0n) is 11.9. The second kappa shape index (κ2) is 11.8. The van der Waals surface area contributed by atoms with Crippen LogP contribution in [0.15, 0.2) is 0 Å².